The van der Waals surface area contributed by atoms with Gasteiger partial charge in [-0.1, -0.05) is 36.4 Å². The fourth-order valence-corrected chi connectivity index (χ4v) is 3.19. The molecule has 0 aliphatic carbocycles. The molecule has 0 aliphatic rings. The summed E-state index contributed by atoms with van der Waals surface area (Å²) in [7, 11) is 0. The van der Waals surface area contributed by atoms with Gasteiger partial charge in [0.2, 0.25) is 0 Å². The molecule has 154 valence electrons. The predicted molar refractivity (Wildman–Crippen MR) is 111 cm³/mol. The van der Waals surface area contributed by atoms with Gasteiger partial charge in [-0.15, -0.1) is 0 Å². The zero-order valence-electron chi connectivity index (χ0n) is 16.2. The molecule has 2 N–H and O–H groups in total. The minimum atomic E-state index is -0.635. The lowest BCUT2D eigenvalue weighted by atomic mass is 10.1. The number of ether oxygens (including phenoxy) is 1. The standard InChI is InChI=1S/C23H21F2N3O2/c24-18-7-5-8-19(25)17(18)15-29-21-10-3-1-6-16(21)14-28(13-12-26)23-27-20-9-2-4-11-22(20)30-23/h1-11H,12-15,26H2. The van der Waals surface area contributed by atoms with Crippen LogP contribution in [0, 0.1) is 11.6 Å². The maximum atomic E-state index is 13.9. The normalized spacial score (nSPS) is 11.0. The van der Waals surface area contributed by atoms with Gasteiger partial charge < -0.3 is 19.8 Å². The Morgan fingerprint density at radius 3 is 2.43 bits per heavy atom. The zero-order chi connectivity index (χ0) is 20.9. The molecule has 0 atom stereocenters. The molecule has 7 heteroatoms. The molecule has 5 nitrogen and oxygen atoms in total. The summed E-state index contributed by atoms with van der Waals surface area (Å²) in [5.74, 6) is -0.745. The number of para-hydroxylation sites is 3. The first-order chi connectivity index (χ1) is 14.7. The van der Waals surface area contributed by atoms with Crippen LogP contribution in [0.1, 0.15) is 11.1 Å². The smallest absolute Gasteiger partial charge is 0.298 e. The monoisotopic (exact) mass is 409 g/mol. The van der Waals surface area contributed by atoms with Crippen molar-refractivity contribution < 1.29 is 17.9 Å². The van der Waals surface area contributed by atoms with Crippen molar-refractivity contribution in [2.45, 2.75) is 13.2 Å². The van der Waals surface area contributed by atoms with Crippen molar-refractivity contribution in [2.75, 3.05) is 18.0 Å². The number of hydrogen-bond acceptors (Lipinski definition) is 5. The molecular formula is C23H21F2N3O2. The Morgan fingerprint density at radius 2 is 1.67 bits per heavy atom. The SMILES string of the molecule is NCCN(Cc1ccccc1OCc1c(F)cccc1F)c1nc2ccccc2o1. The van der Waals surface area contributed by atoms with Gasteiger partial charge in [0.15, 0.2) is 5.58 Å². The molecule has 0 radical (unpaired) electrons. The van der Waals surface area contributed by atoms with E-state index in [-0.39, 0.29) is 12.2 Å². The number of halogens is 2. The molecule has 0 bridgehead atoms. The molecule has 30 heavy (non-hydrogen) atoms. The van der Waals surface area contributed by atoms with E-state index in [9.17, 15) is 8.78 Å². The first kappa shape index (κ1) is 19.8. The molecule has 0 amide bonds. The van der Waals surface area contributed by atoms with E-state index in [1.165, 1.54) is 18.2 Å². The van der Waals surface area contributed by atoms with Crippen molar-refractivity contribution in [3.8, 4) is 5.75 Å². The number of anilines is 1. The highest BCUT2D eigenvalue weighted by Crippen LogP contribution is 2.27. The average Bonchev–Trinajstić information content (AvgIpc) is 3.18. The van der Waals surface area contributed by atoms with E-state index in [2.05, 4.69) is 4.98 Å². The second-order valence-electron chi connectivity index (χ2n) is 6.77. The number of hydrogen-bond donors (Lipinski definition) is 1. The summed E-state index contributed by atoms with van der Waals surface area (Å²) in [5.41, 5.74) is 7.96. The third-order valence-corrected chi connectivity index (χ3v) is 4.72. The first-order valence-electron chi connectivity index (χ1n) is 9.60. The number of fused-ring (bicyclic) bond motifs is 1. The molecule has 3 aromatic carbocycles. The molecule has 0 saturated heterocycles. The first-order valence-corrected chi connectivity index (χ1v) is 9.60. The fraction of sp³-hybridized carbons (Fsp3) is 0.174. The number of nitrogens with two attached hydrogens (primary N) is 1. The Labute approximate surface area is 172 Å². The number of benzene rings is 3. The molecule has 4 aromatic rings. The third kappa shape index (κ3) is 4.26. The van der Waals surface area contributed by atoms with Crippen LogP contribution < -0.4 is 15.4 Å². The highest BCUT2D eigenvalue weighted by atomic mass is 19.1. The molecular weight excluding hydrogens is 388 g/mol. The van der Waals surface area contributed by atoms with E-state index < -0.39 is 11.6 Å². The van der Waals surface area contributed by atoms with E-state index in [1.807, 2.05) is 47.4 Å². The van der Waals surface area contributed by atoms with E-state index in [1.54, 1.807) is 6.07 Å². The van der Waals surface area contributed by atoms with Crippen LogP contribution in [0.4, 0.5) is 14.8 Å². The largest absolute Gasteiger partial charge is 0.488 e. The van der Waals surface area contributed by atoms with E-state index >= 15 is 0 Å². The van der Waals surface area contributed by atoms with Crippen molar-refractivity contribution in [3.05, 3.63) is 89.5 Å². The summed E-state index contributed by atoms with van der Waals surface area (Å²) in [5, 5.41) is 0. The van der Waals surface area contributed by atoms with Crippen LogP contribution in [0.15, 0.2) is 71.1 Å². The number of nitrogens with zero attached hydrogens (tertiary/aromatic N) is 2. The summed E-state index contributed by atoms with van der Waals surface area (Å²) in [4.78, 5) is 6.45. The number of rotatable bonds is 8. The number of aromatic nitrogens is 1. The van der Waals surface area contributed by atoms with Gasteiger partial charge in [-0.05, 0) is 30.3 Å². The Hall–Kier alpha value is -3.45. The van der Waals surface area contributed by atoms with Crippen LogP contribution in [-0.2, 0) is 13.2 Å². The topological polar surface area (TPSA) is 64.5 Å². The average molecular weight is 409 g/mol. The summed E-state index contributed by atoms with van der Waals surface area (Å²) in [6.07, 6.45) is 0. The van der Waals surface area contributed by atoms with Crippen LogP contribution >= 0.6 is 0 Å². The van der Waals surface area contributed by atoms with Crippen molar-refractivity contribution >= 4 is 17.1 Å². The lowest BCUT2D eigenvalue weighted by Crippen LogP contribution is -2.29. The molecule has 0 unspecified atom stereocenters. The number of oxazole rings is 1. The minimum Gasteiger partial charge on any atom is -0.488 e. The fourth-order valence-electron chi connectivity index (χ4n) is 3.19. The second-order valence-corrected chi connectivity index (χ2v) is 6.77. The van der Waals surface area contributed by atoms with Crippen LogP contribution in [0.3, 0.4) is 0 Å². The van der Waals surface area contributed by atoms with E-state index in [4.69, 9.17) is 14.9 Å². The molecule has 1 heterocycles. The molecule has 0 saturated carbocycles. The highest BCUT2D eigenvalue weighted by molar-refractivity contribution is 5.74. The predicted octanol–water partition coefficient (Wildman–Crippen LogP) is 4.65. The third-order valence-electron chi connectivity index (χ3n) is 4.72. The maximum Gasteiger partial charge on any atom is 0.298 e. The Kier molecular flexibility index (Phi) is 5.90. The van der Waals surface area contributed by atoms with Gasteiger partial charge >= 0.3 is 0 Å². The van der Waals surface area contributed by atoms with Crippen LogP contribution in [0.5, 0.6) is 5.75 Å². The maximum absolute atomic E-state index is 13.9. The lowest BCUT2D eigenvalue weighted by molar-refractivity contribution is 0.289. The molecule has 0 fully saturated rings. The van der Waals surface area contributed by atoms with E-state index in [0.29, 0.717) is 37.0 Å². The van der Waals surface area contributed by atoms with Crippen LogP contribution in [0.2, 0.25) is 0 Å². The van der Waals surface area contributed by atoms with Gasteiger partial charge in [0.05, 0.1) is 12.1 Å². The minimum absolute atomic E-state index is 0.106. The van der Waals surface area contributed by atoms with Crippen LogP contribution in [0.25, 0.3) is 11.1 Å². The van der Waals surface area contributed by atoms with Gasteiger partial charge in [-0.25, -0.2) is 8.78 Å². The molecule has 1 aromatic heterocycles. The van der Waals surface area contributed by atoms with Crippen molar-refractivity contribution in [1.29, 1.82) is 0 Å². The van der Waals surface area contributed by atoms with Gasteiger partial charge in [-0.3, -0.25) is 0 Å². The zero-order valence-corrected chi connectivity index (χ0v) is 16.2. The molecule has 4 rings (SSSR count). The van der Waals surface area contributed by atoms with Crippen molar-refractivity contribution in [3.63, 3.8) is 0 Å². The summed E-state index contributed by atoms with van der Waals surface area (Å²) in [6, 6.07) is 19.1. The Bertz CT molecular complexity index is 1090. The van der Waals surface area contributed by atoms with Gasteiger partial charge in [0.1, 0.15) is 29.5 Å². The Morgan fingerprint density at radius 1 is 0.933 bits per heavy atom. The second kappa shape index (κ2) is 8.92. The summed E-state index contributed by atoms with van der Waals surface area (Å²) in [6.45, 7) is 1.13. The van der Waals surface area contributed by atoms with Gasteiger partial charge in [0, 0.05) is 18.7 Å². The molecule has 0 spiro atoms. The lowest BCUT2D eigenvalue weighted by Gasteiger charge is -2.21. The van der Waals surface area contributed by atoms with Gasteiger partial charge in [0.25, 0.3) is 6.01 Å². The van der Waals surface area contributed by atoms with Crippen molar-refractivity contribution in [2.24, 2.45) is 5.73 Å². The van der Waals surface area contributed by atoms with Gasteiger partial charge in [-0.2, -0.15) is 4.98 Å². The van der Waals surface area contributed by atoms with Crippen LogP contribution in [-0.4, -0.2) is 18.1 Å². The summed E-state index contributed by atoms with van der Waals surface area (Å²) >= 11 is 0. The van der Waals surface area contributed by atoms with Crippen molar-refractivity contribution in [1.82, 2.24) is 4.98 Å². The highest BCUT2D eigenvalue weighted by Gasteiger charge is 2.17. The summed E-state index contributed by atoms with van der Waals surface area (Å²) < 4.78 is 39.5. The quantitative estimate of drug-likeness (QED) is 0.459. The Balaban J connectivity index is 1.57. The van der Waals surface area contributed by atoms with E-state index in [0.717, 1.165) is 11.1 Å². The molecule has 0 aliphatic heterocycles.